The molecule has 0 aromatic carbocycles. The Balaban J connectivity index is 0.000000255. The van der Waals surface area contributed by atoms with Gasteiger partial charge in [0.05, 0.1) is 0 Å². The summed E-state index contributed by atoms with van der Waals surface area (Å²) in [5.74, 6) is -3.92. The average molecular weight is 203 g/mol. The lowest BCUT2D eigenvalue weighted by molar-refractivity contribution is -0.159. The Hall–Kier alpha value is -1.92. The van der Waals surface area contributed by atoms with Gasteiger partial charge in [-0.2, -0.15) is 0 Å². The summed E-state index contributed by atoms with van der Waals surface area (Å²) in [6.45, 7) is 0. The standard InChI is InChI=1S/C5H7NO2.C2H2O4/c7-4-2-1-3-5(8)6-4;3-1(4)2(5)6/h1-3H2,(H,6,7,8);(H,3,4)(H,5,6). The third kappa shape index (κ3) is 5.70. The smallest absolute Gasteiger partial charge is 0.414 e. The molecule has 2 amide bonds. The number of amides is 2. The summed E-state index contributed by atoms with van der Waals surface area (Å²) in [5, 5.41) is 17.0. The van der Waals surface area contributed by atoms with Crippen LogP contribution in [-0.4, -0.2) is 34.0 Å². The fourth-order valence-corrected chi connectivity index (χ4v) is 0.690. The largest absolute Gasteiger partial charge is 0.473 e. The lowest BCUT2D eigenvalue weighted by atomic mass is 10.1. The molecule has 1 rings (SSSR count). The zero-order chi connectivity index (χ0) is 11.1. The average Bonchev–Trinajstić information content (AvgIpc) is 2.04. The van der Waals surface area contributed by atoms with E-state index in [9.17, 15) is 9.59 Å². The van der Waals surface area contributed by atoms with Crippen LogP contribution in [0.15, 0.2) is 0 Å². The lowest BCUT2D eigenvalue weighted by Gasteiger charge is -2.07. The summed E-state index contributed by atoms with van der Waals surface area (Å²) in [7, 11) is 0. The topological polar surface area (TPSA) is 121 Å². The fourth-order valence-electron chi connectivity index (χ4n) is 0.690. The molecule has 1 fully saturated rings. The molecule has 0 radical (unpaired) electrons. The number of hydrogen-bond donors (Lipinski definition) is 3. The molecule has 1 saturated heterocycles. The first kappa shape index (κ1) is 12.1. The summed E-state index contributed by atoms with van der Waals surface area (Å²) in [4.78, 5) is 38.9. The van der Waals surface area contributed by atoms with E-state index in [1.807, 2.05) is 0 Å². The van der Waals surface area contributed by atoms with E-state index < -0.39 is 11.9 Å². The van der Waals surface area contributed by atoms with Gasteiger partial charge in [-0.05, 0) is 6.42 Å². The molecule has 78 valence electrons. The molecular formula is C7H9NO6. The first-order valence-electron chi connectivity index (χ1n) is 3.72. The van der Waals surface area contributed by atoms with Gasteiger partial charge >= 0.3 is 11.9 Å². The van der Waals surface area contributed by atoms with Crippen LogP contribution in [0.1, 0.15) is 19.3 Å². The summed E-state index contributed by atoms with van der Waals surface area (Å²) in [6.07, 6.45) is 1.72. The molecule has 7 heteroatoms. The normalized spacial score (nSPS) is 14.9. The van der Waals surface area contributed by atoms with Crippen LogP contribution in [0.3, 0.4) is 0 Å². The fraction of sp³-hybridized carbons (Fsp3) is 0.429. The van der Waals surface area contributed by atoms with Gasteiger partial charge in [0.2, 0.25) is 11.8 Å². The highest BCUT2D eigenvalue weighted by Crippen LogP contribution is 2.00. The summed E-state index contributed by atoms with van der Waals surface area (Å²) in [5.41, 5.74) is 0. The van der Waals surface area contributed by atoms with Crippen LogP contribution in [0, 0.1) is 0 Å². The number of imide groups is 1. The number of carboxylic acid groups (broad SMARTS) is 2. The van der Waals surface area contributed by atoms with Crippen LogP contribution in [0.5, 0.6) is 0 Å². The van der Waals surface area contributed by atoms with Gasteiger partial charge in [0.15, 0.2) is 0 Å². The quantitative estimate of drug-likeness (QED) is 0.342. The number of hydrogen-bond acceptors (Lipinski definition) is 4. The highest BCUT2D eigenvalue weighted by atomic mass is 16.4. The van der Waals surface area contributed by atoms with Crippen molar-refractivity contribution in [1.82, 2.24) is 5.32 Å². The minimum absolute atomic E-state index is 0.138. The van der Waals surface area contributed by atoms with Gasteiger partial charge in [-0.25, -0.2) is 9.59 Å². The van der Waals surface area contributed by atoms with E-state index in [2.05, 4.69) is 5.32 Å². The minimum Gasteiger partial charge on any atom is -0.473 e. The summed E-state index contributed by atoms with van der Waals surface area (Å²) < 4.78 is 0. The number of carbonyl (C=O) groups is 4. The minimum atomic E-state index is -1.82. The van der Waals surface area contributed by atoms with Crippen LogP contribution in [0.4, 0.5) is 0 Å². The molecule has 0 unspecified atom stereocenters. The van der Waals surface area contributed by atoms with E-state index in [4.69, 9.17) is 19.8 Å². The molecule has 0 atom stereocenters. The molecule has 14 heavy (non-hydrogen) atoms. The molecule has 0 spiro atoms. The Morgan fingerprint density at radius 3 is 1.50 bits per heavy atom. The van der Waals surface area contributed by atoms with Crippen molar-refractivity contribution in [3.63, 3.8) is 0 Å². The third-order valence-corrected chi connectivity index (χ3v) is 1.27. The van der Waals surface area contributed by atoms with Crippen molar-refractivity contribution in [2.24, 2.45) is 0 Å². The number of rotatable bonds is 0. The van der Waals surface area contributed by atoms with E-state index in [0.29, 0.717) is 19.3 Å². The van der Waals surface area contributed by atoms with E-state index in [1.165, 1.54) is 0 Å². The Labute approximate surface area is 78.7 Å². The molecule has 1 aliphatic heterocycles. The van der Waals surface area contributed by atoms with Gasteiger partial charge in [0.1, 0.15) is 0 Å². The number of piperidine rings is 1. The zero-order valence-electron chi connectivity index (χ0n) is 7.15. The van der Waals surface area contributed by atoms with Crippen molar-refractivity contribution in [3.05, 3.63) is 0 Å². The molecule has 1 aliphatic rings. The molecule has 0 aromatic rings. The van der Waals surface area contributed by atoms with Crippen LogP contribution in [0.2, 0.25) is 0 Å². The molecular weight excluding hydrogens is 194 g/mol. The number of carbonyl (C=O) groups excluding carboxylic acids is 2. The Bertz CT molecular complexity index is 245. The van der Waals surface area contributed by atoms with Crippen molar-refractivity contribution in [2.75, 3.05) is 0 Å². The Morgan fingerprint density at radius 1 is 1.00 bits per heavy atom. The third-order valence-electron chi connectivity index (χ3n) is 1.27. The van der Waals surface area contributed by atoms with Crippen molar-refractivity contribution in [3.8, 4) is 0 Å². The van der Waals surface area contributed by atoms with Crippen LogP contribution < -0.4 is 5.32 Å². The highest BCUT2D eigenvalue weighted by molar-refractivity contribution is 6.27. The van der Waals surface area contributed by atoms with E-state index in [-0.39, 0.29) is 11.8 Å². The number of nitrogens with one attached hydrogen (secondary N) is 1. The van der Waals surface area contributed by atoms with Gasteiger partial charge in [-0.3, -0.25) is 14.9 Å². The van der Waals surface area contributed by atoms with Crippen LogP contribution >= 0.6 is 0 Å². The van der Waals surface area contributed by atoms with E-state index in [0.717, 1.165) is 0 Å². The second-order valence-corrected chi connectivity index (χ2v) is 2.44. The van der Waals surface area contributed by atoms with Gasteiger partial charge < -0.3 is 10.2 Å². The number of carboxylic acids is 2. The van der Waals surface area contributed by atoms with E-state index >= 15 is 0 Å². The monoisotopic (exact) mass is 203 g/mol. The maximum absolute atomic E-state index is 10.3. The maximum Gasteiger partial charge on any atom is 0.414 e. The zero-order valence-corrected chi connectivity index (χ0v) is 7.15. The van der Waals surface area contributed by atoms with Crippen LogP contribution in [0.25, 0.3) is 0 Å². The molecule has 0 aliphatic carbocycles. The van der Waals surface area contributed by atoms with Gasteiger partial charge in [0, 0.05) is 12.8 Å². The first-order chi connectivity index (χ1) is 6.43. The lowest BCUT2D eigenvalue weighted by Crippen LogP contribution is -2.33. The van der Waals surface area contributed by atoms with Crippen molar-refractivity contribution < 1.29 is 29.4 Å². The Kier molecular flexibility index (Phi) is 4.90. The molecule has 1 heterocycles. The van der Waals surface area contributed by atoms with Crippen molar-refractivity contribution in [2.45, 2.75) is 19.3 Å². The van der Waals surface area contributed by atoms with E-state index in [1.54, 1.807) is 0 Å². The molecule has 7 nitrogen and oxygen atoms in total. The van der Waals surface area contributed by atoms with Crippen molar-refractivity contribution >= 4 is 23.8 Å². The molecule has 0 bridgehead atoms. The second kappa shape index (κ2) is 5.68. The van der Waals surface area contributed by atoms with Crippen LogP contribution in [-0.2, 0) is 19.2 Å². The molecule has 0 aromatic heterocycles. The summed E-state index contributed by atoms with van der Waals surface area (Å²) >= 11 is 0. The first-order valence-corrected chi connectivity index (χ1v) is 3.72. The van der Waals surface area contributed by atoms with Gasteiger partial charge in [-0.1, -0.05) is 0 Å². The summed E-state index contributed by atoms with van der Waals surface area (Å²) in [6, 6.07) is 0. The maximum atomic E-state index is 10.3. The van der Waals surface area contributed by atoms with Crippen molar-refractivity contribution in [1.29, 1.82) is 0 Å². The van der Waals surface area contributed by atoms with Gasteiger partial charge in [0.25, 0.3) is 0 Å². The Morgan fingerprint density at radius 2 is 1.36 bits per heavy atom. The highest BCUT2D eigenvalue weighted by Gasteiger charge is 2.12. The second-order valence-electron chi connectivity index (χ2n) is 2.44. The van der Waals surface area contributed by atoms with Gasteiger partial charge in [-0.15, -0.1) is 0 Å². The number of aliphatic carboxylic acids is 2. The molecule has 0 saturated carbocycles. The SMILES string of the molecule is O=C(O)C(=O)O.O=C1CCCC(=O)N1. The predicted octanol–water partition coefficient (Wildman–Crippen LogP) is -1.03. The predicted molar refractivity (Wildman–Crippen MR) is 42.3 cm³/mol. The molecule has 3 N–H and O–H groups in total.